The lowest BCUT2D eigenvalue weighted by Crippen LogP contribution is -2.43. The number of amides is 1. The molecule has 0 saturated heterocycles. The standard InChI is InChI=1S/C25H22F3N3O8S2/c1-15(2)30(40(35,36)21-14-7-6-12-19(21)31(33)34)24(32)17-10-8-13-20-22(17)23(39-41(37,38)25(26,27)28)16-9-4-5-11-18(16)29(20)3/h4-15,23H,1-3H3. The number of benzene rings is 3. The summed E-state index contributed by atoms with van der Waals surface area (Å²) in [6.07, 6.45) is -1.99. The van der Waals surface area contributed by atoms with Gasteiger partial charge in [-0.25, -0.2) is 16.9 Å². The lowest BCUT2D eigenvalue weighted by atomic mass is 9.89. The van der Waals surface area contributed by atoms with Gasteiger partial charge >= 0.3 is 15.6 Å². The molecule has 218 valence electrons. The first-order chi connectivity index (χ1) is 19.0. The Morgan fingerprint density at radius 2 is 1.56 bits per heavy atom. The molecule has 1 atom stereocenters. The third-order valence-electron chi connectivity index (χ3n) is 6.29. The molecule has 41 heavy (non-hydrogen) atoms. The van der Waals surface area contributed by atoms with Crippen LogP contribution in [-0.2, 0) is 24.3 Å². The Kier molecular flexibility index (Phi) is 7.62. The fraction of sp³-hybridized carbons (Fsp3) is 0.240. The maximum absolute atomic E-state index is 14.0. The fourth-order valence-corrected chi connectivity index (χ4v) is 6.86. The number of hydrogen-bond donors (Lipinski definition) is 0. The highest BCUT2D eigenvalue weighted by atomic mass is 32.2. The summed E-state index contributed by atoms with van der Waals surface area (Å²) in [5.41, 5.74) is -7.11. The molecule has 3 aromatic rings. The largest absolute Gasteiger partial charge is 0.523 e. The van der Waals surface area contributed by atoms with Crippen LogP contribution in [-0.4, -0.2) is 50.6 Å². The maximum Gasteiger partial charge on any atom is 0.523 e. The first-order valence-electron chi connectivity index (χ1n) is 11.8. The van der Waals surface area contributed by atoms with Crippen LogP contribution in [0, 0.1) is 10.1 Å². The van der Waals surface area contributed by atoms with Crippen molar-refractivity contribution in [2.45, 2.75) is 36.4 Å². The van der Waals surface area contributed by atoms with E-state index in [1.165, 1.54) is 68.3 Å². The van der Waals surface area contributed by atoms with Crippen LogP contribution in [0.4, 0.5) is 30.2 Å². The molecular weight excluding hydrogens is 591 g/mol. The fourth-order valence-electron chi connectivity index (χ4n) is 4.56. The van der Waals surface area contributed by atoms with Crippen molar-refractivity contribution in [3.05, 3.63) is 93.5 Å². The zero-order chi connectivity index (χ0) is 30.5. The number of carbonyl (C=O) groups excluding carboxylic acids is 1. The second kappa shape index (κ2) is 10.4. The minimum Gasteiger partial charge on any atom is -0.344 e. The molecule has 0 bridgehead atoms. The van der Waals surface area contributed by atoms with Gasteiger partial charge in [-0.3, -0.25) is 14.9 Å². The average molecular weight is 614 g/mol. The van der Waals surface area contributed by atoms with Crippen LogP contribution in [0.5, 0.6) is 0 Å². The van der Waals surface area contributed by atoms with Crippen molar-refractivity contribution in [1.82, 2.24) is 4.31 Å². The van der Waals surface area contributed by atoms with Crippen molar-refractivity contribution >= 4 is 43.1 Å². The molecule has 11 nitrogen and oxygen atoms in total. The Bertz CT molecular complexity index is 1760. The number of hydrogen-bond acceptors (Lipinski definition) is 9. The minimum absolute atomic E-state index is 0.0340. The van der Waals surface area contributed by atoms with Crippen LogP contribution in [0.1, 0.15) is 41.4 Å². The van der Waals surface area contributed by atoms with E-state index in [0.29, 0.717) is 4.31 Å². The van der Waals surface area contributed by atoms with Crippen LogP contribution in [0.2, 0.25) is 0 Å². The van der Waals surface area contributed by atoms with Gasteiger partial charge in [0.15, 0.2) is 4.90 Å². The molecule has 0 fully saturated rings. The van der Waals surface area contributed by atoms with Gasteiger partial charge in [-0.2, -0.15) is 21.6 Å². The molecule has 0 aliphatic carbocycles. The smallest absolute Gasteiger partial charge is 0.344 e. The lowest BCUT2D eigenvalue weighted by Gasteiger charge is -2.36. The van der Waals surface area contributed by atoms with E-state index in [0.717, 1.165) is 18.2 Å². The van der Waals surface area contributed by atoms with Crippen molar-refractivity contribution in [2.75, 3.05) is 11.9 Å². The highest BCUT2D eigenvalue weighted by Gasteiger charge is 2.51. The number of halogens is 3. The van der Waals surface area contributed by atoms with Gasteiger partial charge < -0.3 is 4.90 Å². The summed E-state index contributed by atoms with van der Waals surface area (Å²) < 4.78 is 97.1. The second-order valence-corrected chi connectivity index (χ2v) is 12.5. The van der Waals surface area contributed by atoms with E-state index in [1.54, 1.807) is 6.07 Å². The molecule has 0 aromatic heterocycles. The van der Waals surface area contributed by atoms with Gasteiger partial charge in [0.25, 0.3) is 21.6 Å². The van der Waals surface area contributed by atoms with Crippen molar-refractivity contribution in [3.63, 3.8) is 0 Å². The summed E-state index contributed by atoms with van der Waals surface area (Å²) in [4.78, 5) is 25.4. The minimum atomic E-state index is -6.20. The summed E-state index contributed by atoms with van der Waals surface area (Å²) in [5, 5.41) is 11.6. The molecular formula is C25H22F3N3O8S2. The van der Waals surface area contributed by atoms with E-state index in [9.17, 15) is 44.9 Å². The molecule has 1 heterocycles. The number of rotatable bonds is 7. The number of anilines is 2. The number of carbonyl (C=O) groups is 1. The summed E-state index contributed by atoms with van der Waals surface area (Å²) in [6.45, 7) is 2.65. The van der Waals surface area contributed by atoms with Gasteiger partial charge in [0.2, 0.25) is 0 Å². The zero-order valence-corrected chi connectivity index (χ0v) is 23.2. The number of fused-ring (bicyclic) bond motifs is 2. The van der Waals surface area contributed by atoms with Gasteiger partial charge in [-0.1, -0.05) is 36.4 Å². The number of para-hydroxylation sites is 2. The van der Waals surface area contributed by atoms with Gasteiger partial charge in [0.1, 0.15) is 6.10 Å². The Balaban J connectivity index is 1.96. The van der Waals surface area contributed by atoms with Crippen LogP contribution in [0.15, 0.2) is 71.6 Å². The van der Waals surface area contributed by atoms with Crippen molar-refractivity contribution in [1.29, 1.82) is 0 Å². The Hall–Kier alpha value is -4.02. The van der Waals surface area contributed by atoms with Crippen LogP contribution in [0.25, 0.3) is 0 Å². The SMILES string of the molecule is CC(C)N(C(=O)c1cccc2c1C(OS(=O)(=O)C(F)(F)F)c1ccccc1N2C)S(=O)(=O)c1ccccc1[N+](=O)[O-]. The molecule has 0 saturated carbocycles. The first-order valence-corrected chi connectivity index (χ1v) is 14.6. The predicted octanol–water partition coefficient (Wildman–Crippen LogP) is 4.87. The van der Waals surface area contributed by atoms with E-state index in [-0.39, 0.29) is 22.5 Å². The number of nitrogens with zero attached hydrogens (tertiary/aromatic N) is 3. The number of nitro benzene ring substituents is 1. The quantitative estimate of drug-likeness (QED) is 0.158. The number of sulfonamides is 1. The Morgan fingerprint density at radius 1 is 0.976 bits per heavy atom. The normalized spacial score (nSPS) is 15.3. The van der Waals surface area contributed by atoms with Crippen LogP contribution in [0.3, 0.4) is 0 Å². The van der Waals surface area contributed by atoms with Crippen molar-refractivity contribution < 1.29 is 43.9 Å². The van der Waals surface area contributed by atoms with Crippen molar-refractivity contribution in [2.24, 2.45) is 0 Å². The molecule has 16 heteroatoms. The lowest BCUT2D eigenvalue weighted by molar-refractivity contribution is -0.387. The summed E-state index contributed by atoms with van der Waals surface area (Å²) in [5.74, 6) is -1.26. The molecule has 1 amide bonds. The molecule has 0 radical (unpaired) electrons. The third kappa shape index (κ3) is 5.13. The van der Waals surface area contributed by atoms with Gasteiger partial charge in [-0.05, 0) is 38.1 Å². The van der Waals surface area contributed by atoms with E-state index in [4.69, 9.17) is 4.18 Å². The molecule has 1 unspecified atom stereocenters. The van der Waals surface area contributed by atoms with E-state index < -0.39 is 64.8 Å². The molecule has 1 aliphatic rings. The summed E-state index contributed by atoms with van der Waals surface area (Å²) in [6, 6.07) is 12.9. The average Bonchev–Trinajstić information content (AvgIpc) is 2.89. The topological polar surface area (TPSA) is 144 Å². The van der Waals surface area contributed by atoms with Crippen molar-refractivity contribution in [3.8, 4) is 0 Å². The summed E-state index contributed by atoms with van der Waals surface area (Å²) >= 11 is 0. The van der Waals surface area contributed by atoms with E-state index in [1.807, 2.05) is 0 Å². The first kappa shape index (κ1) is 30.0. The van der Waals surface area contributed by atoms with Gasteiger partial charge in [0, 0.05) is 47.2 Å². The van der Waals surface area contributed by atoms with E-state index in [2.05, 4.69) is 0 Å². The maximum atomic E-state index is 14.0. The molecule has 3 aromatic carbocycles. The molecule has 1 aliphatic heterocycles. The highest BCUT2D eigenvalue weighted by Crippen LogP contribution is 2.48. The highest BCUT2D eigenvalue weighted by molar-refractivity contribution is 7.90. The second-order valence-electron chi connectivity index (χ2n) is 9.16. The molecule has 0 N–H and O–H groups in total. The molecule has 0 spiro atoms. The molecule has 4 rings (SSSR count). The zero-order valence-electron chi connectivity index (χ0n) is 21.6. The predicted molar refractivity (Wildman–Crippen MR) is 140 cm³/mol. The third-order valence-corrected chi connectivity index (χ3v) is 9.31. The Morgan fingerprint density at radius 3 is 2.17 bits per heavy atom. The number of nitro groups is 1. The monoisotopic (exact) mass is 613 g/mol. The summed E-state index contributed by atoms with van der Waals surface area (Å²) in [7, 11) is -9.59. The Labute approximate surface area is 233 Å². The van der Waals surface area contributed by atoms with Crippen LogP contribution < -0.4 is 4.90 Å². The van der Waals surface area contributed by atoms with Crippen LogP contribution >= 0.6 is 0 Å². The van der Waals surface area contributed by atoms with Gasteiger partial charge in [-0.15, -0.1) is 0 Å². The van der Waals surface area contributed by atoms with Gasteiger partial charge in [0.05, 0.1) is 4.92 Å². The van der Waals surface area contributed by atoms with E-state index >= 15 is 0 Å². The number of alkyl halides is 3.